The summed E-state index contributed by atoms with van der Waals surface area (Å²) in [6.45, 7) is 9.06. The van der Waals surface area contributed by atoms with Gasteiger partial charge in [0.15, 0.2) is 6.10 Å². The van der Waals surface area contributed by atoms with Gasteiger partial charge in [-0.3, -0.25) is 0 Å². The van der Waals surface area contributed by atoms with E-state index in [1.807, 2.05) is 69.4 Å². The smallest absolute Gasteiger partial charge is 0.161 e. The highest BCUT2D eigenvalue weighted by Crippen LogP contribution is 2.38. The van der Waals surface area contributed by atoms with Crippen LogP contribution in [0.15, 0.2) is 46.5 Å². The van der Waals surface area contributed by atoms with Crippen LogP contribution in [0.4, 0.5) is 5.69 Å². The molecule has 1 unspecified atom stereocenters. The third-order valence-electron chi connectivity index (χ3n) is 5.02. The molecule has 0 spiro atoms. The molecule has 6 heteroatoms. The summed E-state index contributed by atoms with van der Waals surface area (Å²) in [5.41, 5.74) is 4.89. The van der Waals surface area contributed by atoms with Crippen LogP contribution in [0, 0.1) is 6.92 Å². The van der Waals surface area contributed by atoms with E-state index in [9.17, 15) is 0 Å². The normalized spacial score (nSPS) is 16.0. The van der Waals surface area contributed by atoms with Gasteiger partial charge in [-0.1, -0.05) is 5.16 Å². The molecule has 0 saturated carbocycles. The van der Waals surface area contributed by atoms with Crippen LogP contribution in [0.3, 0.4) is 0 Å². The number of aryl methyl sites for hydroxylation is 1. The van der Waals surface area contributed by atoms with Crippen molar-refractivity contribution in [1.82, 2.24) is 4.90 Å². The van der Waals surface area contributed by atoms with Crippen LogP contribution in [0.25, 0.3) is 0 Å². The molecule has 2 aromatic rings. The van der Waals surface area contributed by atoms with Gasteiger partial charge in [0, 0.05) is 31.6 Å². The first kappa shape index (κ1) is 21.7. The van der Waals surface area contributed by atoms with Crippen molar-refractivity contribution < 1.29 is 14.3 Å². The van der Waals surface area contributed by atoms with E-state index < -0.39 is 0 Å². The van der Waals surface area contributed by atoms with Gasteiger partial charge >= 0.3 is 0 Å². The average Bonchev–Trinajstić information content (AvgIpc) is 3.22. The fourth-order valence-electron chi connectivity index (χ4n) is 3.22. The van der Waals surface area contributed by atoms with E-state index in [-0.39, 0.29) is 12.2 Å². The Morgan fingerprint density at radius 2 is 2.00 bits per heavy atom. The maximum absolute atomic E-state index is 5.78. The third kappa shape index (κ3) is 5.12. The van der Waals surface area contributed by atoms with E-state index in [0.29, 0.717) is 6.42 Å². The number of aliphatic imine (C=N–C) groups is 1. The van der Waals surface area contributed by atoms with E-state index >= 15 is 0 Å². The summed E-state index contributed by atoms with van der Waals surface area (Å²) >= 11 is 0. The number of methoxy groups -OCH3 is 1. The van der Waals surface area contributed by atoms with Crippen molar-refractivity contribution in [3.8, 4) is 11.5 Å². The number of ether oxygens (including phenoxy) is 2. The molecule has 1 aliphatic rings. The Hall–Kier alpha value is -3.02. The third-order valence-corrected chi connectivity index (χ3v) is 5.02. The summed E-state index contributed by atoms with van der Waals surface area (Å²) in [6, 6.07) is 12.0. The lowest BCUT2D eigenvalue weighted by molar-refractivity contribution is 0.0836. The maximum atomic E-state index is 5.78. The van der Waals surface area contributed by atoms with Crippen molar-refractivity contribution in [2.45, 2.75) is 46.3 Å². The Morgan fingerprint density at radius 1 is 1.27 bits per heavy atom. The predicted molar refractivity (Wildman–Crippen MR) is 121 cm³/mol. The van der Waals surface area contributed by atoms with Crippen LogP contribution < -0.4 is 9.47 Å². The fourth-order valence-corrected chi connectivity index (χ4v) is 3.22. The number of hydrogen-bond donors (Lipinski definition) is 0. The highest BCUT2D eigenvalue weighted by Gasteiger charge is 2.27. The van der Waals surface area contributed by atoms with Gasteiger partial charge in [0.05, 0.1) is 31.0 Å². The molecule has 0 amide bonds. The Labute approximate surface area is 179 Å². The quantitative estimate of drug-likeness (QED) is 0.440. The molecule has 0 radical (unpaired) electrons. The lowest BCUT2D eigenvalue weighted by Gasteiger charge is -2.16. The van der Waals surface area contributed by atoms with Gasteiger partial charge in [0.1, 0.15) is 11.5 Å². The Balaban J connectivity index is 1.76. The predicted octanol–water partition coefficient (Wildman–Crippen LogP) is 5.27. The molecule has 1 atom stereocenters. The Bertz CT molecular complexity index is 920. The lowest BCUT2D eigenvalue weighted by Crippen LogP contribution is -2.14. The molecule has 160 valence electrons. The zero-order chi connectivity index (χ0) is 21.7. The molecule has 0 fully saturated rings. The highest BCUT2D eigenvalue weighted by molar-refractivity contribution is 6.01. The summed E-state index contributed by atoms with van der Waals surface area (Å²) < 4.78 is 11.4. The summed E-state index contributed by atoms with van der Waals surface area (Å²) in [6.07, 6.45) is 2.48. The molecule has 3 rings (SSSR count). The molecular formula is C24H31N3O3. The van der Waals surface area contributed by atoms with Gasteiger partial charge in [-0.2, -0.15) is 0 Å². The summed E-state index contributed by atoms with van der Waals surface area (Å²) in [4.78, 5) is 12.4. The van der Waals surface area contributed by atoms with Gasteiger partial charge < -0.3 is 19.2 Å². The minimum Gasteiger partial charge on any atom is -0.496 e. The molecule has 2 aromatic carbocycles. The number of oxime groups is 1. The molecular weight excluding hydrogens is 378 g/mol. The van der Waals surface area contributed by atoms with Crippen LogP contribution >= 0.6 is 0 Å². The van der Waals surface area contributed by atoms with Crippen LogP contribution in [-0.2, 0) is 4.84 Å². The van der Waals surface area contributed by atoms with Gasteiger partial charge in [0.2, 0.25) is 0 Å². The molecule has 1 aliphatic heterocycles. The second-order valence-electron chi connectivity index (χ2n) is 7.73. The molecule has 6 nitrogen and oxygen atoms in total. The lowest BCUT2D eigenvalue weighted by atomic mass is 9.97. The number of benzene rings is 2. The molecule has 0 N–H and O–H groups in total. The molecule has 0 bridgehead atoms. The molecule has 0 aliphatic carbocycles. The van der Waals surface area contributed by atoms with Crippen LogP contribution in [-0.4, -0.2) is 43.8 Å². The Morgan fingerprint density at radius 3 is 2.63 bits per heavy atom. The van der Waals surface area contributed by atoms with E-state index in [1.54, 1.807) is 7.11 Å². The second kappa shape index (κ2) is 9.65. The van der Waals surface area contributed by atoms with E-state index in [2.05, 4.69) is 23.1 Å². The highest BCUT2D eigenvalue weighted by atomic mass is 16.6. The first-order chi connectivity index (χ1) is 14.4. The zero-order valence-electron chi connectivity index (χ0n) is 18.7. The summed E-state index contributed by atoms with van der Waals surface area (Å²) in [5.74, 6) is 1.61. The van der Waals surface area contributed by atoms with E-state index in [4.69, 9.17) is 14.3 Å². The van der Waals surface area contributed by atoms with Crippen molar-refractivity contribution in [3.63, 3.8) is 0 Å². The van der Waals surface area contributed by atoms with Gasteiger partial charge in [-0.05, 0) is 69.2 Å². The monoisotopic (exact) mass is 409 g/mol. The molecule has 0 aromatic heterocycles. The van der Waals surface area contributed by atoms with Gasteiger partial charge in [0.25, 0.3) is 0 Å². The van der Waals surface area contributed by atoms with Gasteiger partial charge in [-0.25, -0.2) is 4.99 Å². The van der Waals surface area contributed by atoms with Crippen molar-refractivity contribution in [2.75, 3.05) is 20.7 Å². The first-order valence-electron chi connectivity index (χ1n) is 10.3. The van der Waals surface area contributed by atoms with Crippen molar-refractivity contribution in [3.05, 3.63) is 53.1 Å². The van der Waals surface area contributed by atoms with E-state index in [0.717, 1.165) is 46.1 Å². The summed E-state index contributed by atoms with van der Waals surface area (Å²) in [5, 5.41) is 4.34. The van der Waals surface area contributed by atoms with Gasteiger partial charge in [-0.15, -0.1) is 0 Å². The first-order valence-corrected chi connectivity index (χ1v) is 10.3. The zero-order valence-corrected chi connectivity index (χ0v) is 18.7. The Kier molecular flexibility index (Phi) is 6.98. The SMILES string of the molecule is CCN(C)C=Nc1cc(OC)c(C2CC(c3ccc(OC(C)C)cc3)=NO2)cc1C. The number of hydrogen-bond acceptors (Lipinski definition) is 5. The second-order valence-corrected chi connectivity index (χ2v) is 7.73. The van der Waals surface area contributed by atoms with E-state index in [1.165, 1.54) is 0 Å². The maximum Gasteiger partial charge on any atom is 0.161 e. The standard InChI is InChI=1S/C24H31N3O3/c1-7-27(5)15-25-21-13-23(28-6)20(12-17(21)4)24-14-22(26-30-24)18-8-10-19(11-9-18)29-16(2)3/h8-13,15-16,24H,7,14H2,1-6H3. The minimum atomic E-state index is -0.184. The van der Waals surface area contributed by atoms with Crippen molar-refractivity contribution in [1.29, 1.82) is 0 Å². The largest absolute Gasteiger partial charge is 0.496 e. The van der Waals surface area contributed by atoms with Crippen molar-refractivity contribution >= 4 is 17.7 Å². The molecule has 1 heterocycles. The number of nitrogens with zero attached hydrogens (tertiary/aromatic N) is 3. The molecule has 0 saturated heterocycles. The van der Waals surface area contributed by atoms with Crippen molar-refractivity contribution in [2.24, 2.45) is 10.1 Å². The topological polar surface area (TPSA) is 55.7 Å². The number of rotatable bonds is 8. The fraction of sp³-hybridized carbons (Fsp3) is 0.417. The average molecular weight is 410 g/mol. The minimum absolute atomic E-state index is 0.151. The molecule has 30 heavy (non-hydrogen) atoms. The van der Waals surface area contributed by atoms with Crippen LogP contribution in [0.5, 0.6) is 11.5 Å². The van der Waals surface area contributed by atoms with Crippen LogP contribution in [0.2, 0.25) is 0 Å². The van der Waals surface area contributed by atoms with Crippen LogP contribution in [0.1, 0.15) is 50.0 Å². The summed E-state index contributed by atoms with van der Waals surface area (Å²) in [7, 11) is 3.67.